The van der Waals surface area contributed by atoms with Crippen molar-refractivity contribution in [3.8, 4) is 17.0 Å². The lowest BCUT2D eigenvalue weighted by atomic mass is 10.0. The zero-order valence-electron chi connectivity index (χ0n) is 17.9. The van der Waals surface area contributed by atoms with E-state index in [0.29, 0.717) is 27.8 Å². The average Bonchev–Trinajstić information content (AvgIpc) is 2.85. The minimum atomic E-state index is -0.780. The zero-order valence-corrected chi connectivity index (χ0v) is 17.9. The maximum atomic E-state index is 13.9. The van der Waals surface area contributed by atoms with E-state index in [4.69, 9.17) is 9.47 Å². The Hall–Kier alpha value is -4.46. The minimum absolute atomic E-state index is 0.146. The molecule has 0 atom stereocenters. The Kier molecular flexibility index (Phi) is 6.17. The quantitative estimate of drug-likeness (QED) is 0.449. The van der Waals surface area contributed by atoms with E-state index >= 15 is 0 Å². The molecule has 1 aromatic heterocycles. The Bertz CT molecular complexity index is 1330. The summed E-state index contributed by atoms with van der Waals surface area (Å²) in [5, 5.41) is 1.50. The number of ether oxygens (including phenoxy) is 2. The van der Waals surface area contributed by atoms with Crippen LogP contribution in [0.1, 0.15) is 10.4 Å². The second-order valence-corrected chi connectivity index (χ2v) is 6.98. The fraction of sp³-hybridized carbons (Fsp3) is 0.0800. The van der Waals surface area contributed by atoms with Crippen LogP contribution in [0.2, 0.25) is 0 Å². The van der Waals surface area contributed by atoms with Crippen LogP contribution in [-0.2, 0) is 4.74 Å². The molecule has 0 aliphatic rings. The molecule has 0 radical (unpaired) electrons. The molecular formula is C25H20FN3O4. The van der Waals surface area contributed by atoms with Crippen LogP contribution in [0.3, 0.4) is 0 Å². The second kappa shape index (κ2) is 9.35. The lowest BCUT2D eigenvalue weighted by Gasteiger charge is -2.23. The number of carbonyl (C=O) groups excluding carboxylic acids is 2. The van der Waals surface area contributed by atoms with Gasteiger partial charge in [0.1, 0.15) is 11.5 Å². The van der Waals surface area contributed by atoms with Gasteiger partial charge in [-0.1, -0.05) is 48.5 Å². The average molecular weight is 445 g/mol. The molecule has 33 heavy (non-hydrogen) atoms. The van der Waals surface area contributed by atoms with Crippen LogP contribution < -0.4 is 15.2 Å². The van der Waals surface area contributed by atoms with Crippen LogP contribution in [-0.4, -0.2) is 31.2 Å². The molecule has 7 nitrogen and oxygen atoms in total. The number of hydrogen-bond acceptors (Lipinski definition) is 5. The number of nitrogens with zero attached hydrogens (tertiary/aromatic N) is 2. The molecule has 0 saturated carbocycles. The summed E-state index contributed by atoms with van der Waals surface area (Å²) in [5.74, 6) is -0.927. The lowest BCUT2D eigenvalue weighted by molar-refractivity contribution is 0.0939. The van der Waals surface area contributed by atoms with Crippen molar-refractivity contribution >= 4 is 28.6 Å². The van der Waals surface area contributed by atoms with Gasteiger partial charge in [0.25, 0.3) is 5.91 Å². The first-order chi connectivity index (χ1) is 16.0. The van der Waals surface area contributed by atoms with Crippen molar-refractivity contribution in [3.63, 3.8) is 0 Å². The van der Waals surface area contributed by atoms with Crippen LogP contribution >= 0.6 is 0 Å². The number of rotatable bonds is 4. The molecular weight excluding hydrogens is 425 g/mol. The Balaban J connectivity index is 1.88. The molecule has 8 heteroatoms. The number of methoxy groups -OCH3 is 2. The first kappa shape index (κ1) is 21.8. The smallest absolute Gasteiger partial charge is 0.433 e. The number of hydrogen-bond donors (Lipinski definition) is 1. The number of nitrogens with one attached hydrogen (secondary N) is 1. The van der Waals surface area contributed by atoms with E-state index in [0.717, 1.165) is 5.01 Å². The number of anilines is 1. The maximum Gasteiger partial charge on any atom is 0.433 e. The van der Waals surface area contributed by atoms with Gasteiger partial charge < -0.3 is 9.47 Å². The van der Waals surface area contributed by atoms with Gasteiger partial charge >= 0.3 is 6.09 Å². The number of fused-ring (bicyclic) bond motifs is 1. The molecule has 0 aliphatic heterocycles. The number of pyridine rings is 1. The number of carbonyl (C=O) groups is 2. The molecule has 0 bridgehead atoms. The number of para-hydroxylation sites is 2. The molecule has 0 saturated heterocycles. The fourth-order valence-electron chi connectivity index (χ4n) is 3.49. The van der Waals surface area contributed by atoms with Gasteiger partial charge in [-0.05, 0) is 30.3 Å². The van der Waals surface area contributed by atoms with E-state index in [1.165, 1.54) is 26.4 Å². The van der Waals surface area contributed by atoms with Gasteiger partial charge in [0.15, 0.2) is 5.75 Å². The van der Waals surface area contributed by atoms with Crippen LogP contribution in [0.25, 0.3) is 22.2 Å². The van der Waals surface area contributed by atoms with E-state index in [2.05, 4.69) is 10.4 Å². The van der Waals surface area contributed by atoms with E-state index < -0.39 is 17.8 Å². The van der Waals surface area contributed by atoms with E-state index in [9.17, 15) is 14.0 Å². The van der Waals surface area contributed by atoms with E-state index in [-0.39, 0.29) is 11.3 Å². The number of amides is 2. The third-order valence-electron chi connectivity index (χ3n) is 4.96. The van der Waals surface area contributed by atoms with Crippen molar-refractivity contribution in [2.75, 3.05) is 19.2 Å². The highest BCUT2D eigenvalue weighted by Crippen LogP contribution is 2.36. The van der Waals surface area contributed by atoms with E-state index in [1.54, 1.807) is 66.7 Å². The molecule has 0 aliphatic carbocycles. The molecule has 2 amide bonds. The summed E-state index contributed by atoms with van der Waals surface area (Å²) in [6, 6.07) is 21.4. The first-order valence-electron chi connectivity index (χ1n) is 10.00. The summed E-state index contributed by atoms with van der Waals surface area (Å²) >= 11 is 0. The van der Waals surface area contributed by atoms with Gasteiger partial charge in [0.05, 0.1) is 31.0 Å². The topological polar surface area (TPSA) is 80.8 Å². The molecule has 0 spiro atoms. The van der Waals surface area contributed by atoms with Gasteiger partial charge in [-0.3, -0.25) is 10.2 Å². The van der Waals surface area contributed by atoms with Crippen molar-refractivity contribution in [1.29, 1.82) is 0 Å². The van der Waals surface area contributed by atoms with Crippen LogP contribution in [0, 0.1) is 5.82 Å². The van der Waals surface area contributed by atoms with Gasteiger partial charge in [0.2, 0.25) is 0 Å². The summed E-state index contributed by atoms with van der Waals surface area (Å²) in [6.07, 6.45) is -0.780. The molecule has 0 fully saturated rings. The Morgan fingerprint density at radius 2 is 1.67 bits per heavy atom. The number of benzene rings is 3. The predicted octanol–water partition coefficient (Wildman–Crippen LogP) is 4.97. The van der Waals surface area contributed by atoms with Crippen LogP contribution in [0.4, 0.5) is 14.9 Å². The highest BCUT2D eigenvalue weighted by molar-refractivity contribution is 6.12. The molecule has 1 N–H and O–H groups in total. The van der Waals surface area contributed by atoms with Gasteiger partial charge in [-0.25, -0.2) is 14.2 Å². The summed E-state index contributed by atoms with van der Waals surface area (Å²) in [7, 11) is 2.62. The summed E-state index contributed by atoms with van der Waals surface area (Å²) in [4.78, 5) is 30.6. The van der Waals surface area contributed by atoms with Crippen molar-refractivity contribution < 1.29 is 23.5 Å². The molecule has 0 unspecified atom stereocenters. The standard InChI is InChI=1S/C25H20FN3O4/c1-32-23-21(24(30)28-29(25(31)33-2)18-11-4-3-5-12-18)19-13-6-7-14-20(19)27-22(23)16-9-8-10-17(26)15-16/h3-15H,1-2H3,(H,28,30). The molecule has 166 valence electrons. The third kappa shape index (κ3) is 4.31. The third-order valence-corrected chi connectivity index (χ3v) is 4.96. The minimum Gasteiger partial charge on any atom is -0.494 e. The number of aromatic nitrogens is 1. The maximum absolute atomic E-state index is 13.9. The first-order valence-corrected chi connectivity index (χ1v) is 10.00. The van der Waals surface area contributed by atoms with Crippen LogP contribution in [0.15, 0.2) is 78.9 Å². The number of halogens is 1. The zero-order chi connectivity index (χ0) is 23.4. The van der Waals surface area contributed by atoms with Crippen molar-refractivity contribution in [2.45, 2.75) is 0 Å². The van der Waals surface area contributed by atoms with Crippen LogP contribution in [0.5, 0.6) is 5.75 Å². The SMILES string of the molecule is COC(=O)N(NC(=O)c1c(OC)c(-c2cccc(F)c2)nc2ccccc12)c1ccccc1. The van der Waals surface area contributed by atoms with Crippen molar-refractivity contribution in [2.24, 2.45) is 0 Å². The highest BCUT2D eigenvalue weighted by Gasteiger charge is 2.26. The monoisotopic (exact) mass is 445 g/mol. The Morgan fingerprint density at radius 1 is 0.939 bits per heavy atom. The normalized spacial score (nSPS) is 10.5. The lowest BCUT2D eigenvalue weighted by Crippen LogP contribution is -2.46. The molecule has 3 aromatic carbocycles. The Morgan fingerprint density at radius 3 is 2.36 bits per heavy atom. The molecule has 4 aromatic rings. The highest BCUT2D eigenvalue weighted by atomic mass is 19.1. The van der Waals surface area contributed by atoms with E-state index in [1.807, 2.05) is 0 Å². The summed E-state index contributed by atoms with van der Waals surface area (Å²) in [5.41, 5.74) is 4.39. The van der Waals surface area contributed by atoms with Crippen molar-refractivity contribution in [3.05, 3.63) is 90.2 Å². The predicted molar refractivity (Wildman–Crippen MR) is 122 cm³/mol. The molecule has 4 rings (SSSR count). The Labute approximate surface area is 189 Å². The second-order valence-electron chi connectivity index (χ2n) is 6.98. The molecule has 1 heterocycles. The largest absolute Gasteiger partial charge is 0.494 e. The van der Waals surface area contributed by atoms with Gasteiger partial charge in [-0.2, -0.15) is 5.01 Å². The van der Waals surface area contributed by atoms with Gasteiger partial charge in [0, 0.05) is 10.9 Å². The summed E-state index contributed by atoms with van der Waals surface area (Å²) in [6.45, 7) is 0. The number of hydrazine groups is 1. The van der Waals surface area contributed by atoms with Gasteiger partial charge in [-0.15, -0.1) is 0 Å². The van der Waals surface area contributed by atoms with Crippen molar-refractivity contribution in [1.82, 2.24) is 10.4 Å². The fourth-order valence-corrected chi connectivity index (χ4v) is 3.49. The summed E-state index contributed by atoms with van der Waals surface area (Å²) < 4.78 is 24.4.